The monoisotopic (exact) mass is 272 g/mol. The molecule has 0 amide bonds. The third-order valence-corrected chi connectivity index (χ3v) is 3.86. The molecule has 0 aromatic heterocycles. The number of β-amino-alcohol motifs (C(OH)–C–C–N with tert-alkyl or cyclic N) is 1. The largest absolute Gasteiger partial charge is 0.395 e. The molecule has 0 aromatic rings. The molecule has 2 N–H and O–H groups in total. The van der Waals surface area contributed by atoms with Gasteiger partial charge in [-0.1, -0.05) is 0 Å². The summed E-state index contributed by atoms with van der Waals surface area (Å²) in [5.41, 5.74) is 0. The third-order valence-electron chi connectivity index (χ3n) is 3.86. The number of hydrogen-bond donors (Lipinski definition) is 2. The summed E-state index contributed by atoms with van der Waals surface area (Å²) in [7, 11) is 0. The molecule has 1 aliphatic carbocycles. The standard InChI is InChI=1S/C14H28N2O3/c1-11-7-15(8-12(2)19-11)9-14(18)10-16(5-6-17)13-3-4-13/h11-14,17-18H,3-10H2,1-2H3. The van der Waals surface area contributed by atoms with E-state index in [-0.39, 0.29) is 24.9 Å². The van der Waals surface area contributed by atoms with Gasteiger partial charge in [-0.05, 0) is 26.7 Å². The molecule has 0 bridgehead atoms. The summed E-state index contributed by atoms with van der Waals surface area (Å²) >= 11 is 0. The molecule has 0 radical (unpaired) electrons. The Bertz CT molecular complexity index is 263. The lowest BCUT2D eigenvalue weighted by Gasteiger charge is -2.37. The Hall–Kier alpha value is -0.200. The minimum absolute atomic E-state index is 0.175. The van der Waals surface area contributed by atoms with E-state index in [0.717, 1.165) is 13.1 Å². The van der Waals surface area contributed by atoms with Crippen molar-refractivity contribution in [2.75, 3.05) is 39.3 Å². The van der Waals surface area contributed by atoms with E-state index in [9.17, 15) is 5.11 Å². The molecule has 112 valence electrons. The number of nitrogens with zero attached hydrogens (tertiary/aromatic N) is 2. The second-order valence-corrected chi connectivity index (χ2v) is 6.08. The van der Waals surface area contributed by atoms with Gasteiger partial charge in [0.15, 0.2) is 0 Å². The van der Waals surface area contributed by atoms with Crippen LogP contribution in [0.3, 0.4) is 0 Å². The number of rotatable bonds is 7. The summed E-state index contributed by atoms with van der Waals surface area (Å²) in [6.45, 7) is 8.18. The maximum atomic E-state index is 10.2. The molecular formula is C14H28N2O3. The quantitative estimate of drug-likeness (QED) is 0.678. The van der Waals surface area contributed by atoms with Crippen molar-refractivity contribution >= 4 is 0 Å². The zero-order valence-electron chi connectivity index (χ0n) is 12.2. The van der Waals surface area contributed by atoms with E-state index in [2.05, 4.69) is 23.6 Å². The molecule has 2 aliphatic rings. The molecule has 2 rings (SSSR count). The second kappa shape index (κ2) is 6.99. The van der Waals surface area contributed by atoms with Crippen molar-refractivity contribution in [3.05, 3.63) is 0 Å². The first kappa shape index (κ1) is 15.2. The van der Waals surface area contributed by atoms with Gasteiger partial charge >= 0.3 is 0 Å². The Kier molecular flexibility index (Phi) is 5.59. The van der Waals surface area contributed by atoms with Crippen molar-refractivity contribution in [2.45, 2.75) is 51.0 Å². The lowest BCUT2D eigenvalue weighted by molar-refractivity contribution is -0.0782. The lowest BCUT2D eigenvalue weighted by atomic mass is 10.2. The van der Waals surface area contributed by atoms with E-state index in [1.165, 1.54) is 12.8 Å². The number of hydrogen-bond acceptors (Lipinski definition) is 5. The third kappa shape index (κ3) is 5.00. The fourth-order valence-corrected chi connectivity index (χ4v) is 3.05. The van der Waals surface area contributed by atoms with Crippen molar-refractivity contribution in [1.82, 2.24) is 9.80 Å². The summed E-state index contributed by atoms with van der Waals surface area (Å²) in [6, 6.07) is 0.587. The Morgan fingerprint density at radius 3 is 2.42 bits per heavy atom. The Balaban J connectivity index is 1.74. The molecule has 1 saturated carbocycles. The molecule has 1 saturated heterocycles. The molecule has 0 aromatic carbocycles. The van der Waals surface area contributed by atoms with Crippen LogP contribution in [0.25, 0.3) is 0 Å². The van der Waals surface area contributed by atoms with Gasteiger partial charge in [0, 0.05) is 38.8 Å². The highest BCUT2D eigenvalue weighted by atomic mass is 16.5. The summed E-state index contributed by atoms with van der Waals surface area (Å²) in [5, 5.41) is 19.3. The molecular weight excluding hydrogens is 244 g/mol. The first-order valence-electron chi connectivity index (χ1n) is 7.49. The van der Waals surface area contributed by atoms with E-state index >= 15 is 0 Å². The van der Waals surface area contributed by atoms with Crippen molar-refractivity contribution in [3.63, 3.8) is 0 Å². The Labute approximate surface area is 116 Å². The van der Waals surface area contributed by atoms with Crippen LogP contribution in [0.1, 0.15) is 26.7 Å². The molecule has 3 unspecified atom stereocenters. The van der Waals surface area contributed by atoms with Crippen LogP contribution >= 0.6 is 0 Å². The van der Waals surface area contributed by atoms with Gasteiger partial charge in [-0.3, -0.25) is 9.80 Å². The predicted molar refractivity (Wildman–Crippen MR) is 74.1 cm³/mol. The average Bonchev–Trinajstić information content (AvgIpc) is 3.10. The molecule has 2 fully saturated rings. The van der Waals surface area contributed by atoms with Gasteiger partial charge in [-0.25, -0.2) is 0 Å². The van der Waals surface area contributed by atoms with Crippen LogP contribution in [0.2, 0.25) is 0 Å². The summed E-state index contributed by atoms with van der Waals surface area (Å²) in [4.78, 5) is 4.51. The summed E-state index contributed by atoms with van der Waals surface area (Å²) in [6.07, 6.45) is 2.56. The molecule has 5 nitrogen and oxygen atoms in total. The fourth-order valence-electron chi connectivity index (χ4n) is 3.05. The van der Waals surface area contributed by atoms with E-state index in [4.69, 9.17) is 9.84 Å². The molecule has 19 heavy (non-hydrogen) atoms. The van der Waals surface area contributed by atoms with Crippen LogP contribution in [-0.4, -0.2) is 83.7 Å². The topological polar surface area (TPSA) is 56.2 Å². The van der Waals surface area contributed by atoms with Gasteiger partial charge in [-0.15, -0.1) is 0 Å². The van der Waals surface area contributed by atoms with Crippen LogP contribution in [0, 0.1) is 0 Å². The van der Waals surface area contributed by atoms with Crippen LogP contribution < -0.4 is 0 Å². The minimum atomic E-state index is -0.343. The van der Waals surface area contributed by atoms with E-state index < -0.39 is 0 Å². The van der Waals surface area contributed by atoms with Gasteiger partial charge < -0.3 is 14.9 Å². The van der Waals surface area contributed by atoms with Crippen molar-refractivity contribution in [2.24, 2.45) is 0 Å². The number of ether oxygens (including phenoxy) is 1. The summed E-state index contributed by atoms with van der Waals surface area (Å²) in [5.74, 6) is 0. The van der Waals surface area contributed by atoms with Crippen LogP contribution in [0.5, 0.6) is 0 Å². The van der Waals surface area contributed by atoms with Gasteiger partial charge in [0.05, 0.1) is 24.9 Å². The van der Waals surface area contributed by atoms with Crippen molar-refractivity contribution in [1.29, 1.82) is 0 Å². The van der Waals surface area contributed by atoms with E-state index in [1.807, 2.05) is 0 Å². The van der Waals surface area contributed by atoms with E-state index in [0.29, 0.717) is 25.7 Å². The second-order valence-electron chi connectivity index (χ2n) is 6.08. The van der Waals surface area contributed by atoms with Gasteiger partial charge in [0.25, 0.3) is 0 Å². The highest BCUT2D eigenvalue weighted by Crippen LogP contribution is 2.26. The van der Waals surface area contributed by atoms with Crippen LogP contribution in [-0.2, 0) is 4.74 Å². The van der Waals surface area contributed by atoms with Gasteiger partial charge in [0.1, 0.15) is 0 Å². The van der Waals surface area contributed by atoms with E-state index in [1.54, 1.807) is 0 Å². The first-order valence-corrected chi connectivity index (χ1v) is 7.49. The smallest absolute Gasteiger partial charge is 0.0793 e. The zero-order chi connectivity index (χ0) is 13.8. The molecule has 3 atom stereocenters. The van der Waals surface area contributed by atoms with Crippen molar-refractivity contribution in [3.8, 4) is 0 Å². The Morgan fingerprint density at radius 2 is 1.89 bits per heavy atom. The number of aliphatic hydroxyl groups excluding tert-OH is 2. The van der Waals surface area contributed by atoms with Crippen molar-refractivity contribution < 1.29 is 14.9 Å². The molecule has 1 heterocycles. The maximum Gasteiger partial charge on any atom is 0.0793 e. The zero-order valence-corrected chi connectivity index (χ0v) is 12.2. The van der Waals surface area contributed by atoms with Gasteiger partial charge in [-0.2, -0.15) is 0 Å². The minimum Gasteiger partial charge on any atom is -0.395 e. The van der Waals surface area contributed by atoms with Crippen LogP contribution in [0.15, 0.2) is 0 Å². The molecule has 0 spiro atoms. The molecule has 5 heteroatoms. The number of aliphatic hydroxyl groups is 2. The molecule has 1 aliphatic heterocycles. The maximum absolute atomic E-state index is 10.2. The highest BCUT2D eigenvalue weighted by molar-refractivity contribution is 4.86. The van der Waals surface area contributed by atoms with Crippen LogP contribution in [0.4, 0.5) is 0 Å². The van der Waals surface area contributed by atoms with Gasteiger partial charge in [0.2, 0.25) is 0 Å². The fraction of sp³-hybridized carbons (Fsp3) is 1.00. The first-order chi connectivity index (χ1) is 9.08. The highest BCUT2D eigenvalue weighted by Gasteiger charge is 2.31. The average molecular weight is 272 g/mol. The number of morpholine rings is 1. The predicted octanol–water partition coefficient (Wildman–Crippen LogP) is -0.0868. The normalized spacial score (nSPS) is 30.8. The SMILES string of the molecule is CC1CN(CC(O)CN(CCO)C2CC2)CC(C)O1. The lowest BCUT2D eigenvalue weighted by Crippen LogP contribution is -2.50. The summed E-state index contributed by atoms with van der Waals surface area (Å²) < 4.78 is 5.70. The Morgan fingerprint density at radius 1 is 1.26 bits per heavy atom.